The average molecular weight is 333 g/mol. The molecule has 0 aliphatic rings. The van der Waals surface area contributed by atoms with Crippen molar-refractivity contribution < 1.29 is 9.53 Å². The first kappa shape index (κ1) is 18.1. The molecule has 1 atom stereocenters. The van der Waals surface area contributed by atoms with Gasteiger partial charge in [-0.15, -0.1) is 23.2 Å². The number of alkyl halides is 2. The van der Waals surface area contributed by atoms with E-state index in [1.54, 1.807) is 0 Å². The molecule has 0 radical (unpaired) electrons. The average Bonchev–Trinajstić information content (AvgIpc) is 2.47. The molecule has 6 heteroatoms. The molecule has 0 aliphatic carbocycles. The van der Waals surface area contributed by atoms with E-state index in [0.29, 0.717) is 18.2 Å². The van der Waals surface area contributed by atoms with Crippen molar-refractivity contribution in [1.82, 2.24) is 0 Å². The first-order valence-electron chi connectivity index (χ1n) is 6.89. The second-order valence-corrected chi connectivity index (χ2v) is 5.53. The zero-order chi connectivity index (χ0) is 15.7. The SMILES string of the molecule is COC(=O)C[C@@H](N)Cc1ccc(N(CCCl)CCCl)cc1. The normalized spacial score (nSPS) is 12.0. The molecule has 0 aromatic heterocycles. The van der Waals surface area contributed by atoms with Crippen LogP contribution in [0.4, 0.5) is 5.69 Å². The monoisotopic (exact) mass is 332 g/mol. The van der Waals surface area contributed by atoms with Gasteiger partial charge in [-0.05, 0) is 24.1 Å². The Hall–Kier alpha value is -0.970. The minimum Gasteiger partial charge on any atom is -0.469 e. The molecule has 0 fully saturated rings. The van der Waals surface area contributed by atoms with E-state index in [1.165, 1.54) is 7.11 Å². The summed E-state index contributed by atoms with van der Waals surface area (Å²) in [6, 6.07) is 7.85. The van der Waals surface area contributed by atoms with Crippen LogP contribution < -0.4 is 10.6 Å². The van der Waals surface area contributed by atoms with Gasteiger partial charge < -0.3 is 15.4 Å². The van der Waals surface area contributed by atoms with Crippen molar-refractivity contribution in [1.29, 1.82) is 0 Å². The molecular formula is C15H22Cl2N2O2. The number of hydrogen-bond donors (Lipinski definition) is 1. The van der Waals surface area contributed by atoms with Gasteiger partial charge in [0.15, 0.2) is 0 Å². The van der Waals surface area contributed by atoms with E-state index in [1.807, 2.05) is 24.3 Å². The Labute approximate surface area is 136 Å². The van der Waals surface area contributed by atoms with Gasteiger partial charge in [0.25, 0.3) is 0 Å². The van der Waals surface area contributed by atoms with Crippen LogP contribution in [0.25, 0.3) is 0 Å². The Morgan fingerprint density at radius 2 is 1.81 bits per heavy atom. The van der Waals surface area contributed by atoms with Gasteiger partial charge in [0, 0.05) is 36.6 Å². The number of esters is 1. The molecule has 0 saturated carbocycles. The fourth-order valence-corrected chi connectivity index (χ4v) is 2.50. The number of ether oxygens (including phenoxy) is 1. The van der Waals surface area contributed by atoms with Crippen molar-refractivity contribution >= 4 is 34.9 Å². The molecular weight excluding hydrogens is 311 g/mol. The summed E-state index contributed by atoms with van der Waals surface area (Å²) < 4.78 is 4.61. The molecule has 4 nitrogen and oxygen atoms in total. The molecule has 0 unspecified atom stereocenters. The summed E-state index contributed by atoms with van der Waals surface area (Å²) in [4.78, 5) is 13.3. The van der Waals surface area contributed by atoms with Gasteiger partial charge in [0.1, 0.15) is 0 Å². The number of rotatable bonds is 9. The Kier molecular flexibility index (Phi) is 8.50. The van der Waals surface area contributed by atoms with Crippen molar-refractivity contribution in [2.45, 2.75) is 18.9 Å². The fraction of sp³-hybridized carbons (Fsp3) is 0.533. The minimum absolute atomic E-state index is 0.225. The maximum Gasteiger partial charge on any atom is 0.307 e. The van der Waals surface area contributed by atoms with Crippen LogP contribution in [0, 0.1) is 0 Å². The number of methoxy groups -OCH3 is 1. The lowest BCUT2D eigenvalue weighted by Crippen LogP contribution is -2.28. The molecule has 0 heterocycles. The van der Waals surface area contributed by atoms with Crippen LogP contribution in [0.5, 0.6) is 0 Å². The third-order valence-electron chi connectivity index (χ3n) is 3.16. The molecule has 21 heavy (non-hydrogen) atoms. The van der Waals surface area contributed by atoms with E-state index < -0.39 is 0 Å². The summed E-state index contributed by atoms with van der Waals surface area (Å²) >= 11 is 11.6. The predicted octanol–water partition coefficient (Wildman–Crippen LogP) is 2.40. The molecule has 0 bridgehead atoms. The van der Waals surface area contributed by atoms with Crippen LogP contribution >= 0.6 is 23.2 Å². The number of carbonyl (C=O) groups is 1. The highest BCUT2D eigenvalue weighted by Crippen LogP contribution is 2.16. The van der Waals surface area contributed by atoms with Crippen LogP contribution in [0.15, 0.2) is 24.3 Å². The number of benzene rings is 1. The molecule has 1 aromatic carbocycles. The number of anilines is 1. The number of carbonyl (C=O) groups excluding carboxylic acids is 1. The van der Waals surface area contributed by atoms with E-state index in [0.717, 1.165) is 24.3 Å². The van der Waals surface area contributed by atoms with Gasteiger partial charge in [-0.2, -0.15) is 0 Å². The zero-order valence-corrected chi connectivity index (χ0v) is 13.7. The maximum atomic E-state index is 11.2. The van der Waals surface area contributed by atoms with Crippen molar-refractivity contribution in [3.63, 3.8) is 0 Å². The molecule has 0 saturated heterocycles. The van der Waals surface area contributed by atoms with Crippen LogP contribution in [0.1, 0.15) is 12.0 Å². The molecule has 118 valence electrons. The van der Waals surface area contributed by atoms with E-state index in [9.17, 15) is 4.79 Å². The van der Waals surface area contributed by atoms with E-state index in [2.05, 4.69) is 9.64 Å². The standard InChI is InChI=1S/C15H22Cl2N2O2/c1-21-15(20)11-13(18)10-12-2-4-14(5-3-12)19(8-6-16)9-7-17/h2-5,13H,6-11,18H2,1H3/t13-/m0/s1. The second-order valence-electron chi connectivity index (χ2n) is 4.78. The first-order chi connectivity index (χ1) is 10.1. The van der Waals surface area contributed by atoms with Crippen LogP contribution in [-0.2, 0) is 16.0 Å². The van der Waals surface area contributed by atoms with Crippen molar-refractivity contribution in [3.05, 3.63) is 29.8 Å². The van der Waals surface area contributed by atoms with Gasteiger partial charge >= 0.3 is 5.97 Å². The number of hydrogen-bond acceptors (Lipinski definition) is 4. The second kappa shape index (κ2) is 9.87. The molecule has 0 amide bonds. The van der Waals surface area contributed by atoms with Crippen LogP contribution in [0.2, 0.25) is 0 Å². The topological polar surface area (TPSA) is 55.6 Å². The van der Waals surface area contributed by atoms with E-state index in [-0.39, 0.29) is 18.4 Å². The smallest absolute Gasteiger partial charge is 0.307 e. The molecule has 1 aromatic rings. The van der Waals surface area contributed by atoms with Gasteiger partial charge in [-0.3, -0.25) is 4.79 Å². The molecule has 1 rings (SSSR count). The predicted molar refractivity (Wildman–Crippen MR) is 88.4 cm³/mol. The van der Waals surface area contributed by atoms with Gasteiger partial charge in [0.2, 0.25) is 0 Å². The highest BCUT2D eigenvalue weighted by Gasteiger charge is 2.11. The van der Waals surface area contributed by atoms with Crippen molar-refractivity contribution in [3.8, 4) is 0 Å². The highest BCUT2D eigenvalue weighted by molar-refractivity contribution is 6.18. The maximum absolute atomic E-state index is 11.2. The van der Waals surface area contributed by atoms with Crippen molar-refractivity contribution in [2.24, 2.45) is 5.73 Å². The first-order valence-corrected chi connectivity index (χ1v) is 7.95. The van der Waals surface area contributed by atoms with E-state index in [4.69, 9.17) is 28.9 Å². The van der Waals surface area contributed by atoms with E-state index >= 15 is 0 Å². The Bertz CT molecular complexity index is 420. The molecule has 0 aliphatic heterocycles. The number of halogens is 2. The number of nitrogens with zero attached hydrogens (tertiary/aromatic N) is 1. The van der Waals surface area contributed by atoms with Gasteiger partial charge in [-0.1, -0.05) is 12.1 Å². The lowest BCUT2D eigenvalue weighted by atomic mass is 10.0. The van der Waals surface area contributed by atoms with Crippen molar-refractivity contribution in [2.75, 3.05) is 36.9 Å². The lowest BCUT2D eigenvalue weighted by Gasteiger charge is -2.23. The molecule has 0 spiro atoms. The molecule has 2 N–H and O–H groups in total. The third kappa shape index (κ3) is 6.55. The zero-order valence-electron chi connectivity index (χ0n) is 12.2. The van der Waals surface area contributed by atoms with Crippen LogP contribution in [0.3, 0.4) is 0 Å². The summed E-state index contributed by atoms with van der Waals surface area (Å²) in [6.45, 7) is 1.52. The minimum atomic E-state index is -0.283. The Balaban J connectivity index is 2.62. The van der Waals surface area contributed by atoms with Gasteiger partial charge in [-0.25, -0.2) is 0 Å². The Morgan fingerprint density at radius 1 is 1.24 bits per heavy atom. The summed E-state index contributed by atoms with van der Waals surface area (Å²) in [5.41, 5.74) is 8.10. The third-order valence-corrected chi connectivity index (χ3v) is 3.50. The summed E-state index contributed by atoms with van der Waals surface area (Å²) in [5, 5.41) is 0. The summed E-state index contributed by atoms with van der Waals surface area (Å²) in [6.07, 6.45) is 0.864. The van der Waals surface area contributed by atoms with Gasteiger partial charge in [0.05, 0.1) is 13.5 Å². The quantitative estimate of drug-likeness (QED) is 0.557. The fourth-order valence-electron chi connectivity index (χ4n) is 2.09. The highest BCUT2D eigenvalue weighted by atomic mass is 35.5. The lowest BCUT2D eigenvalue weighted by molar-refractivity contribution is -0.140. The summed E-state index contributed by atoms with van der Waals surface area (Å²) in [7, 11) is 1.37. The largest absolute Gasteiger partial charge is 0.469 e. The Morgan fingerprint density at radius 3 is 2.29 bits per heavy atom. The van der Waals surface area contributed by atoms with Crippen LogP contribution in [-0.4, -0.2) is 44.0 Å². The number of nitrogens with two attached hydrogens (primary N) is 1. The summed E-state index contributed by atoms with van der Waals surface area (Å²) in [5.74, 6) is 0.834.